The third-order valence-corrected chi connectivity index (χ3v) is 5.17. The number of carbonyl (C=O) groups excluding carboxylic acids is 1. The number of nitrogens with two attached hydrogens (primary N) is 1. The molecule has 1 aromatic heterocycles. The highest BCUT2D eigenvalue weighted by atomic mass is 16.1. The first-order valence-corrected chi connectivity index (χ1v) is 9.70. The van der Waals surface area contributed by atoms with Gasteiger partial charge in [0.25, 0.3) is 0 Å². The minimum atomic E-state index is -0.0345. The molecule has 3 unspecified atom stereocenters. The Bertz CT molecular complexity index is 803. The zero-order valence-corrected chi connectivity index (χ0v) is 16.1. The van der Waals surface area contributed by atoms with Gasteiger partial charge in [0.1, 0.15) is 0 Å². The van der Waals surface area contributed by atoms with E-state index in [1.54, 1.807) is 6.20 Å². The Balaban J connectivity index is 1.65. The first-order valence-electron chi connectivity index (χ1n) is 9.70. The summed E-state index contributed by atoms with van der Waals surface area (Å²) in [5.74, 6) is 1.20. The van der Waals surface area contributed by atoms with Gasteiger partial charge in [-0.15, -0.1) is 0 Å². The molecule has 1 aromatic carbocycles. The molecular weight excluding hydrogens is 336 g/mol. The summed E-state index contributed by atoms with van der Waals surface area (Å²) in [6.45, 7) is 4.19. The Hall–Kier alpha value is -2.53. The van der Waals surface area contributed by atoms with Crippen molar-refractivity contribution in [3.8, 4) is 0 Å². The van der Waals surface area contributed by atoms with Crippen molar-refractivity contribution in [3.05, 3.63) is 65.6 Å². The maximum atomic E-state index is 12.3. The first-order chi connectivity index (χ1) is 13.1. The monoisotopic (exact) mass is 364 g/mol. The zero-order valence-electron chi connectivity index (χ0n) is 16.1. The standard InChI is InChI=1S/C22H28N4O/c1-3-19-22(26-21(27)12-9-16-7-5-4-6-8-16)24-14-20(25-19)17-10-11-18(23)15(2)13-17/h4-8,10-11,14-15,17-18H,3,9,12-13,23H2,1-2H3,(H,24,26,27). The van der Waals surface area contributed by atoms with Gasteiger partial charge in [-0.25, -0.2) is 4.98 Å². The molecule has 1 heterocycles. The molecule has 1 aliphatic carbocycles. The topological polar surface area (TPSA) is 80.9 Å². The van der Waals surface area contributed by atoms with Crippen LogP contribution in [0, 0.1) is 5.92 Å². The lowest BCUT2D eigenvalue weighted by atomic mass is 9.83. The van der Waals surface area contributed by atoms with Crippen LogP contribution in [0.25, 0.3) is 0 Å². The Morgan fingerprint density at radius 3 is 2.74 bits per heavy atom. The molecule has 0 saturated carbocycles. The van der Waals surface area contributed by atoms with Crippen LogP contribution in [0.1, 0.15) is 49.6 Å². The first kappa shape index (κ1) is 19.2. The van der Waals surface area contributed by atoms with E-state index in [2.05, 4.69) is 29.4 Å². The molecule has 0 fully saturated rings. The molecule has 27 heavy (non-hydrogen) atoms. The number of rotatable bonds is 6. The van der Waals surface area contributed by atoms with Crippen molar-refractivity contribution < 1.29 is 4.79 Å². The van der Waals surface area contributed by atoms with E-state index in [0.717, 1.165) is 29.8 Å². The van der Waals surface area contributed by atoms with Gasteiger partial charge in [0.2, 0.25) is 5.91 Å². The Morgan fingerprint density at radius 1 is 1.26 bits per heavy atom. The van der Waals surface area contributed by atoms with Crippen molar-refractivity contribution in [2.24, 2.45) is 11.7 Å². The van der Waals surface area contributed by atoms with Crippen molar-refractivity contribution in [2.45, 2.75) is 51.5 Å². The van der Waals surface area contributed by atoms with Crippen LogP contribution in [0.3, 0.4) is 0 Å². The number of carbonyl (C=O) groups is 1. The van der Waals surface area contributed by atoms with Crippen LogP contribution < -0.4 is 11.1 Å². The highest BCUT2D eigenvalue weighted by molar-refractivity contribution is 5.90. The number of benzene rings is 1. The number of nitrogens with one attached hydrogen (secondary N) is 1. The molecule has 142 valence electrons. The number of amides is 1. The predicted molar refractivity (Wildman–Crippen MR) is 108 cm³/mol. The molecule has 3 rings (SSSR count). The van der Waals surface area contributed by atoms with Gasteiger partial charge >= 0.3 is 0 Å². The summed E-state index contributed by atoms with van der Waals surface area (Å²) in [4.78, 5) is 21.6. The summed E-state index contributed by atoms with van der Waals surface area (Å²) in [5.41, 5.74) is 8.99. The lowest BCUT2D eigenvalue weighted by Gasteiger charge is -2.26. The second-order valence-electron chi connectivity index (χ2n) is 7.26. The fourth-order valence-corrected chi connectivity index (χ4v) is 3.38. The molecule has 2 aromatic rings. The largest absolute Gasteiger partial charge is 0.324 e. The van der Waals surface area contributed by atoms with Crippen molar-refractivity contribution in [2.75, 3.05) is 5.32 Å². The van der Waals surface area contributed by atoms with Crippen molar-refractivity contribution in [1.29, 1.82) is 0 Å². The van der Waals surface area contributed by atoms with Gasteiger partial charge in [0.15, 0.2) is 5.82 Å². The quantitative estimate of drug-likeness (QED) is 0.767. The summed E-state index contributed by atoms with van der Waals surface area (Å²) >= 11 is 0. The van der Waals surface area contributed by atoms with Crippen molar-refractivity contribution in [3.63, 3.8) is 0 Å². The van der Waals surface area contributed by atoms with Crippen LogP contribution in [0.5, 0.6) is 0 Å². The van der Waals surface area contributed by atoms with Gasteiger partial charge in [-0.1, -0.05) is 56.3 Å². The molecule has 3 N–H and O–H groups in total. The highest BCUT2D eigenvalue weighted by Gasteiger charge is 2.23. The van der Waals surface area contributed by atoms with E-state index in [4.69, 9.17) is 10.7 Å². The Labute approximate surface area is 161 Å². The van der Waals surface area contributed by atoms with Gasteiger partial charge in [-0.05, 0) is 30.7 Å². The minimum Gasteiger partial charge on any atom is -0.324 e. The second kappa shape index (κ2) is 8.91. The van der Waals surface area contributed by atoms with E-state index >= 15 is 0 Å². The maximum Gasteiger partial charge on any atom is 0.225 e. The number of aryl methyl sites for hydroxylation is 2. The zero-order chi connectivity index (χ0) is 19.2. The molecular formula is C22H28N4O. The van der Waals surface area contributed by atoms with Gasteiger partial charge < -0.3 is 11.1 Å². The fraction of sp³-hybridized carbons (Fsp3) is 0.409. The van der Waals surface area contributed by atoms with E-state index in [9.17, 15) is 4.79 Å². The number of aromatic nitrogens is 2. The summed E-state index contributed by atoms with van der Waals surface area (Å²) < 4.78 is 0. The number of hydrogen-bond donors (Lipinski definition) is 2. The molecule has 5 nitrogen and oxygen atoms in total. The maximum absolute atomic E-state index is 12.3. The number of nitrogens with zero attached hydrogens (tertiary/aromatic N) is 2. The number of hydrogen-bond acceptors (Lipinski definition) is 4. The van der Waals surface area contributed by atoms with Gasteiger partial charge in [-0.2, -0.15) is 0 Å². The molecule has 1 amide bonds. The average molecular weight is 364 g/mol. The van der Waals surface area contributed by atoms with Gasteiger partial charge in [-0.3, -0.25) is 9.78 Å². The summed E-state index contributed by atoms with van der Waals surface area (Å²) in [5, 5.41) is 2.93. The van der Waals surface area contributed by atoms with Crippen LogP contribution in [0.15, 0.2) is 48.7 Å². The molecule has 3 atom stereocenters. The van der Waals surface area contributed by atoms with Crippen LogP contribution in [-0.4, -0.2) is 21.9 Å². The van der Waals surface area contributed by atoms with Crippen LogP contribution >= 0.6 is 0 Å². The lowest BCUT2D eigenvalue weighted by Crippen LogP contribution is -2.30. The van der Waals surface area contributed by atoms with Crippen LogP contribution in [-0.2, 0) is 17.6 Å². The Kier molecular flexibility index (Phi) is 6.35. The van der Waals surface area contributed by atoms with Gasteiger partial charge in [0, 0.05) is 18.4 Å². The SMILES string of the molecule is CCc1nc(C2C=CC(N)C(C)C2)cnc1NC(=O)CCc1ccccc1. The summed E-state index contributed by atoms with van der Waals surface area (Å²) in [6.07, 6.45) is 8.81. The molecule has 0 spiro atoms. The van der Waals surface area contributed by atoms with Crippen LogP contribution in [0.2, 0.25) is 0 Å². The molecule has 1 aliphatic rings. The van der Waals surface area contributed by atoms with Crippen LogP contribution in [0.4, 0.5) is 5.82 Å². The minimum absolute atomic E-state index is 0.0345. The normalized spacial score (nSPS) is 21.8. The van der Waals surface area contributed by atoms with Crippen molar-refractivity contribution in [1.82, 2.24) is 9.97 Å². The van der Waals surface area contributed by atoms with E-state index in [0.29, 0.717) is 24.6 Å². The summed E-state index contributed by atoms with van der Waals surface area (Å²) in [6, 6.07) is 10.1. The molecule has 0 radical (unpaired) electrons. The fourth-order valence-electron chi connectivity index (χ4n) is 3.38. The molecule has 5 heteroatoms. The molecule has 0 saturated heterocycles. The van der Waals surface area contributed by atoms with Gasteiger partial charge in [0.05, 0.1) is 17.6 Å². The third kappa shape index (κ3) is 5.01. The third-order valence-electron chi connectivity index (χ3n) is 5.17. The molecule has 0 aliphatic heterocycles. The second-order valence-corrected chi connectivity index (χ2v) is 7.26. The Morgan fingerprint density at radius 2 is 2.04 bits per heavy atom. The highest BCUT2D eigenvalue weighted by Crippen LogP contribution is 2.30. The predicted octanol–water partition coefficient (Wildman–Crippen LogP) is 3.62. The lowest BCUT2D eigenvalue weighted by molar-refractivity contribution is -0.116. The smallest absolute Gasteiger partial charge is 0.225 e. The van der Waals surface area contributed by atoms with E-state index in [1.807, 2.05) is 37.3 Å². The number of allylic oxidation sites excluding steroid dienone is 1. The number of anilines is 1. The molecule has 0 bridgehead atoms. The van der Waals surface area contributed by atoms with E-state index in [1.165, 1.54) is 0 Å². The van der Waals surface area contributed by atoms with E-state index in [-0.39, 0.29) is 17.9 Å². The average Bonchev–Trinajstić information content (AvgIpc) is 2.69. The van der Waals surface area contributed by atoms with Crippen molar-refractivity contribution >= 4 is 11.7 Å². The van der Waals surface area contributed by atoms with E-state index < -0.39 is 0 Å². The summed E-state index contributed by atoms with van der Waals surface area (Å²) in [7, 11) is 0.